The molecular weight excluding hydrogens is 442 g/mol. The number of aliphatic imine (C=N–C) groups is 1. The summed E-state index contributed by atoms with van der Waals surface area (Å²) in [6.45, 7) is 5.87. The Morgan fingerprint density at radius 1 is 1.26 bits per heavy atom. The average Bonchev–Trinajstić information content (AvgIpc) is 3.49. The molecular formula is C26H27N7O2. The smallest absolute Gasteiger partial charge is 0.299 e. The van der Waals surface area contributed by atoms with Crippen LogP contribution in [0.2, 0.25) is 0 Å². The molecule has 0 aliphatic carbocycles. The van der Waals surface area contributed by atoms with Crippen molar-refractivity contribution in [2.75, 3.05) is 12.3 Å². The van der Waals surface area contributed by atoms with Crippen molar-refractivity contribution in [3.63, 3.8) is 0 Å². The molecule has 1 aliphatic rings. The summed E-state index contributed by atoms with van der Waals surface area (Å²) in [7, 11) is 0. The molecule has 1 fully saturated rings. The molecule has 0 radical (unpaired) electrons. The number of nitrogen functional groups attached to an aromatic ring is 1. The van der Waals surface area contributed by atoms with E-state index in [-0.39, 0.29) is 17.9 Å². The van der Waals surface area contributed by atoms with Crippen molar-refractivity contribution >= 4 is 29.4 Å². The maximum atomic E-state index is 12.6. The van der Waals surface area contributed by atoms with Gasteiger partial charge in [-0.3, -0.25) is 14.0 Å². The van der Waals surface area contributed by atoms with Gasteiger partial charge in [-0.25, -0.2) is 15.0 Å². The molecule has 1 unspecified atom stereocenters. The van der Waals surface area contributed by atoms with Gasteiger partial charge in [0.25, 0.3) is 11.8 Å². The molecule has 4 rings (SSSR count). The minimum Gasteiger partial charge on any atom is -0.382 e. The maximum Gasteiger partial charge on any atom is 0.299 e. The van der Waals surface area contributed by atoms with Crippen LogP contribution in [0.3, 0.4) is 0 Å². The highest BCUT2D eigenvalue weighted by Crippen LogP contribution is 2.36. The second-order valence-corrected chi connectivity index (χ2v) is 7.97. The minimum absolute atomic E-state index is 0.210. The number of amides is 2. The monoisotopic (exact) mass is 469 g/mol. The van der Waals surface area contributed by atoms with Gasteiger partial charge >= 0.3 is 0 Å². The largest absolute Gasteiger partial charge is 0.382 e. The van der Waals surface area contributed by atoms with E-state index in [1.807, 2.05) is 16.5 Å². The third-order valence-electron chi connectivity index (χ3n) is 5.86. The summed E-state index contributed by atoms with van der Waals surface area (Å²) in [6.07, 6.45) is 8.42. The van der Waals surface area contributed by atoms with Crippen LogP contribution in [-0.4, -0.2) is 43.8 Å². The van der Waals surface area contributed by atoms with Crippen molar-refractivity contribution in [1.29, 1.82) is 0 Å². The first kappa shape index (κ1) is 23.7. The lowest BCUT2D eigenvalue weighted by molar-refractivity contribution is -0.126. The van der Waals surface area contributed by atoms with Gasteiger partial charge in [-0.15, -0.1) is 0 Å². The van der Waals surface area contributed by atoms with E-state index in [1.54, 1.807) is 62.5 Å². The summed E-state index contributed by atoms with van der Waals surface area (Å²) in [5.41, 5.74) is 8.84. The Hall–Kier alpha value is -4.45. The van der Waals surface area contributed by atoms with Crippen LogP contribution in [0, 0.1) is 11.8 Å². The summed E-state index contributed by atoms with van der Waals surface area (Å²) >= 11 is 0. The molecule has 3 aromatic rings. The van der Waals surface area contributed by atoms with Gasteiger partial charge < -0.3 is 16.0 Å². The zero-order valence-corrected chi connectivity index (χ0v) is 19.9. The highest BCUT2D eigenvalue weighted by atomic mass is 16.2. The van der Waals surface area contributed by atoms with Crippen molar-refractivity contribution in [2.24, 2.45) is 4.99 Å². The van der Waals surface area contributed by atoms with Gasteiger partial charge in [0.2, 0.25) is 0 Å². The fourth-order valence-corrected chi connectivity index (χ4v) is 4.27. The number of carbonyl (C=O) groups is 2. The molecule has 0 bridgehead atoms. The number of carbonyl (C=O) groups excluding carboxylic acids is 2. The number of imidazole rings is 1. The zero-order chi connectivity index (χ0) is 24.9. The van der Waals surface area contributed by atoms with Gasteiger partial charge in [-0.1, -0.05) is 18.1 Å². The predicted molar refractivity (Wildman–Crippen MR) is 135 cm³/mol. The number of hydrogen-bond donors (Lipinski definition) is 2. The molecule has 35 heavy (non-hydrogen) atoms. The number of anilines is 1. The number of likely N-dealkylation sites (tertiary alicyclic amines) is 1. The van der Waals surface area contributed by atoms with Crippen molar-refractivity contribution in [2.45, 2.75) is 39.7 Å². The fraction of sp³-hybridized carbons (Fsp3) is 0.269. The lowest BCUT2D eigenvalue weighted by atomic mass is 10.1. The second kappa shape index (κ2) is 10.2. The minimum atomic E-state index is -0.260. The molecule has 3 N–H and O–H groups in total. The first-order valence-corrected chi connectivity index (χ1v) is 11.4. The topological polar surface area (TPSA) is 118 Å². The summed E-state index contributed by atoms with van der Waals surface area (Å²) in [5.74, 6) is 6.39. The molecule has 178 valence electrons. The Kier molecular flexibility index (Phi) is 6.92. The lowest BCUT2D eigenvalue weighted by Crippen LogP contribution is -2.30. The molecule has 9 heteroatoms. The number of aromatic nitrogens is 3. The van der Waals surface area contributed by atoms with E-state index in [1.165, 1.54) is 0 Å². The van der Waals surface area contributed by atoms with Crippen LogP contribution >= 0.6 is 0 Å². The molecule has 9 nitrogen and oxygen atoms in total. The van der Waals surface area contributed by atoms with Crippen molar-refractivity contribution in [3.8, 4) is 23.1 Å². The van der Waals surface area contributed by atoms with E-state index in [0.717, 1.165) is 18.4 Å². The van der Waals surface area contributed by atoms with Crippen LogP contribution in [0.5, 0.6) is 0 Å². The van der Waals surface area contributed by atoms with E-state index in [4.69, 9.17) is 10.7 Å². The van der Waals surface area contributed by atoms with Crippen LogP contribution < -0.4 is 11.1 Å². The molecule has 1 aromatic carbocycles. The summed E-state index contributed by atoms with van der Waals surface area (Å²) < 4.78 is 1.90. The number of rotatable bonds is 5. The van der Waals surface area contributed by atoms with Crippen LogP contribution in [0.1, 0.15) is 55.8 Å². The highest BCUT2D eigenvalue weighted by molar-refractivity contribution is 5.96. The van der Waals surface area contributed by atoms with Crippen LogP contribution in [0.25, 0.3) is 16.8 Å². The van der Waals surface area contributed by atoms with E-state index >= 15 is 0 Å². The lowest BCUT2D eigenvalue weighted by Gasteiger charge is -2.21. The predicted octanol–water partition coefficient (Wildman–Crippen LogP) is 3.35. The maximum absolute atomic E-state index is 12.6. The number of nitrogens with zero attached hydrogens (tertiary/aromatic N) is 5. The molecule has 1 aliphatic heterocycles. The first-order chi connectivity index (χ1) is 17.0. The van der Waals surface area contributed by atoms with Gasteiger partial charge in [0.15, 0.2) is 0 Å². The van der Waals surface area contributed by atoms with Gasteiger partial charge in [-0.2, -0.15) is 0 Å². The van der Waals surface area contributed by atoms with E-state index in [9.17, 15) is 9.59 Å². The number of benzene rings is 1. The fourth-order valence-electron chi connectivity index (χ4n) is 4.27. The number of nitrogens with two attached hydrogens (primary N) is 1. The van der Waals surface area contributed by atoms with Gasteiger partial charge in [0, 0.05) is 36.3 Å². The van der Waals surface area contributed by atoms with Crippen LogP contribution in [0.15, 0.2) is 53.5 Å². The number of allylic oxidation sites excluding steroid dienone is 1. The quantitative estimate of drug-likeness (QED) is 0.439. The third kappa shape index (κ3) is 4.64. The molecule has 2 amide bonds. The average molecular weight is 470 g/mol. The second-order valence-electron chi connectivity index (χ2n) is 7.97. The molecule has 0 spiro atoms. The number of nitrogens with one attached hydrogen (secondary N) is 1. The van der Waals surface area contributed by atoms with E-state index in [2.05, 4.69) is 27.1 Å². The van der Waals surface area contributed by atoms with Gasteiger partial charge in [-0.05, 0) is 57.7 Å². The van der Waals surface area contributed by atoms with Gasteiger partial charge in [0.1, 0.15) is 28.7 Å². The molecule has 2 aromatic heterocycles. The zero-order valence-electron chi connectivity index (χ0n) is 19.9. The highest BCUT2D eigenvalue weighted by Gasteiger charge is 2.33. The van der Waals surface area contributed by atoms with Crippen LogP contribution in [-0.2, 0) is 4.79 Å². The molecule has 3 heterocycles. The summed E-state index contributed by atoms with van der Waals surface area (Å²) in [5, 5.41) is 2.77. The SMILES string of the molecule is CC#CC(=O)N1CCCC1c1nc(-c2ccc(C(=O)NC(=C/C)/N=C\C)cc2)c2c(N)nccn12. The molecule has 0 saturated carbocycles. The number of fused-ring (bicyclic) bond motifs is 1. The Morgan fingerprint density at radius 3 is 2.71 bits per heavy atom. The van der Waals surface area contributed by atoms with Crippen molar-refractivity contribution in [3.05, 3.63) is 59.9 Å². The normalized spacial score (nSPS) is 15.9. The Bertz CT molecular complexity index is 1390. The molecule has 1 saturated heterocycles. The number of hydrogen-bond acceptors (Lipinski definition) is 6. The summed E-state index contributed by atoms with van der Waals surface area (Å²) in [4.78, 5) is 40.3. The first-order valence-electron chi connectivity index (χ1n) is 11.4. The third-order valence-corrected chi connectivity index (χ3v) is 5.86. The summed E-state index contributed by atoms with van der Waals surface area (Å²) in [6, 6.07) is 6.90. The van der Waals surface area contributed by atoms with E-state index in [0.29, 0.717) is 40.8 Å². The van der Waals surface area contributed by atoms with Crippen molar-refractivity contribution < 1.29 is 9.59 Å². The standard InChI is InChI=1S/C26H27N7O2/c1-4-8-21(34)32-15-7-9-19(32)25-31-22(23-24(27)29-14-16-33(23)25)17-10-12-18(13-11-17)26(35)30-20(5-2)28-6-3/h5-6,10-14,16,19H,7,9,15H2,1-3H3,(H2,27,29)(H,30,35)/b20-5+,28-6-. The van der Waals surface area contributed by atoms with Crippen LogP contribution in [0.4, 0.5) is 5.82 Å². The Balaban J connectivity index is 1.72. The van der Waals surface area contributed by atoms with Crippen molar-refractivity contribution in [1.82, 2.24) is 24.6 Å². The Morgan fingerprint density at radius 2 is 2.03 bits per heavy atom. The molecule has 1 atom stereocenters. The van der Waals surface area contributed by atoms with Gasteiger partial charge in [0.05, 0.1) is 6.04 Å². The Labute approximate surface area is 203 Å². The van der Waals surface area contributed by atoms with E-state index < -0.39 is 0 Å².